The molecule has 5 rings (SSSR count). The Labute approximate surface area is 239 Å². The van der Waals surface area contributed by atoms with Gasteiger partial charge >= 0.3 is 6.18 Å². The van der Waals surface area contributed by atoms with Gasteiger partial charge in [0, 0.05) is 23.2 Å². The van der Waals surface area contributed by atoms with Gasteiger partial charge < -0.3 is 11.1 Å². The van der Waals surface area contributed by atoms with Gasteiger partial charge in [-0.05, 0) is 66.1 Å². The number of aromatic nitrogens is 3. The van der Waals surface area contributed by atoms with Crippen LogP contribution in [0.25, 0.3) is 22.0 Å². The highest BCUT2D eigenvalue weighted by molar-refractivity contribution is 5.94. The highest BCUT2D eigenvalue weighted by atomic mass is 19.4. The average Bonchev–Trinajstić information content (AvgIpc) is 3.33. The molecule has 0 radical (unpaired) electrons. The molecule has 2 amide bonds. The van der Waals surface area contributed by atoms with Crippen LogP contribution in [0, 0.1) is 17.5 Å². The van der Waals surface area contributed by atoms with E-state index in [9.17, 15) is 35.9 Å². The largest absolute Gasteiger partial charge is 0.416 e. The molecule has 13 heteroatoms. The smallest absolute Gasteiger partial charge is 0.366 e. The Morgan fingerprint density at radius 2 is 1.70 bits per heavy atom. The molecule has 3 aromatic carbocycles. The summed E-state index contributed by atoms with van der Waals surface area (Å²) in [5, 5.41) is 9.39. The first-order valence-electron chi connectivity index (χ1n) is 12.7. The van der Waals surface area contributed by atoms with E-state index >= 15 is 0 Å². The molecule has 0 aliphatic rings. The van der Waals surface area contributed by atoms with Gasteiger partial charge in [0.2, 0.25) is 5.91 Å². The minimum absolute atomic E-state index is 0.0949. The summed E-state index contributed by atoms with van der Waals surface area (Å²) < 4.78 is 82.2. The van der Waals surface area contributed by atoms with E-state index in [1.807, 2.05) is 0 Å². The van der Waals surface area contributed by atoms with E-state index < -0.39 is 53.5 Å². The maximum absolute atomic E-state index is 14.2. The number of hydrogen-bond donors (Lipinski definition) is 3. The van der Waals surface area contributed by atoms with E-state index in [0.29, 0.717) is 17.2 Å². The Hall–Kier alpha value is -5.20. The number of hydrogen-bond acceptors (Lipinski definition) is 4. The number of H-pyrrole nitrogens is 1. The maximum atomic E-state index is 14.2. The van der Waals surface area contributed by atoms with Crippen LogP contribution in [-0.2, 0) is 23.8 Å². The molecule has 2 aromatic heterocycles. The Kier molecular flexibility index (Phi) is 7.89. The number of alkyl halides is 3. The number of amides is 2. The van der Waals surface area contributed by atoms with Crippen molar-refractivity contribution >= 4 is 22.7 Å². The molecular weight excluding hydrogens is 576 g/mol. The summed E-state index contributed by atoms with van der Waals surface area (Å²) >= 11 is 0. The second kappa shape index (κ2) is 11.6. The molecule has 2 heterocycles. The Morgan fingerprint density at radius 1 is 0.953 bits per heavy atom. The molecular formula is C30H21F6N5O2. The number of nitrogens with zero attached hydrogens (tertiary/aromatic N) is 2. The quantitative estimate of drug-likeness (QED) is 0.196. The number of pyridine rings is 1. The number of nitrogens with one attached hydrogen (secondary N) is 2. The topological polar surface area (TPSA) is 114 Å². The fourth-order valence-corrected chi connectivity index (χ4v) is 4.78. The molecule has 7 nitrogen and oxygen atoms in total. The summed E-state index contributed by atoms with van der Waals surface area (Å²) in [6.07, 6.45) is -3.78. The third-order valence-electron chi connectivity index (χ3n) is 6.71. The zero-order valence-corrected chi connectivity index (χ0v) is 22.0. The SMILES string of the molecule is NC(=O)c1cc(-c2cccnc2[C@H](Cc2cc(F)cc(F)c2)NC(=O)Cc2[nH]nc3ccc(C(F)(F)F)cc23)ccc1F. The van der Waals surface area contributed by atoms with Crippen LogP contribution in [0.4, 0.5) is 26.3 Å². The Balaban J connectivity index is 1.52. The van der Waals surface area contributed by atoms with Crippen LogP contribution in [0.15, 0.2) is 72.9 Å². The van der Waals surface area contributed by atoms with Crippen LogP contribution in [-0.4, -0.2) is 27.0 Å². The lowest BCUT2D eigenvalue weighted by molar-refractivity contribution is -0.137. The predicted octanol–water partition coefficient (Wildman–Crippen LogP) is 5.80. The summed E-state index contributed by atoms with van der Waals surface area (Å²) in [5.41, 5.74) is 5.38. The first-order chi connectivity index (χ1) is 20.4. The second-order valence-corrected chi connectivity index (χ2v) is 9.71. The van der Waals surface area contributed by atoms with Gasteiger partial charge in [-0.25, -0.2) is 13.2 Å². The standard InChI is InChI=1S/C30H21F6N5O2/c31-18-8-15(9-19(32)13-18)10-26(28-20(2-1-7-38-28)16-3-5-23(33)21(11-16)29(37)43)39-27(42)14-25-22-12-17(30(34,35)36)4-6-24(22)40-41-25/h1-9,11-13,26H,10,14H2,(H2,37,43)(H,39,42)(H,40,41)/t26-/m0/s1. The highest BCUT2D eigenvalue weighted by Crippen LogP contribution is 2.33. The van der Waals surface area contributed by atoms with Crippen LogP contribution in [0.1, 0.15) is 38.9 Å². The lowest BCUT2D eigenvalue weighted by Gasteiger charge is -2.22. The fourth-order valence-electron chi connectivity index (χ4n) is 4.78. The van der Waals surface area contributed by atoms with Crippen molar-refractivity contribution in [1.82, 2.24) is 20.5 Å². The zero-order valence-electron chi connectivity index (χ0n) is 22.0. The minimum atomic E-state index is -4.61. The molecule has 220 valence electrons. The van der Waals surface area contributed by atoms with E-state index in [0.717, 1.165) is 30.3 Å². The van der Waals surface area contributed by atoms with Crippen molar-refractivity contribution in [2.75, 3.05) is 0 Å². The number of primary amides is 1. The maximum Gasteiger partial charge on any atom is 0.416 e. The fraction of sp³-hybridized carbons (Fsp3) is 0.133. The van der Waals surface area contributed by atoms with E-state index in [4.69, 9.17) is 5.73 Å². The molecule has 0 aliphatic heterocycles. The van der Waals surface area contributed by atoms with E-state index in [1.54, 1.807) is 12.1 Å². The van der Waals surface area contributed by atoms with Gasteiger partial charge in [0.05, 0.1) is 40.5 Å². The van der Waals surface area contributed by atoms with Gasteiger partial charge in [-0.2, -0.15) is 18.3 Å². The molecule has 0 bridgehead atoms. The monoisotopic (exact) mass is 597 g/mol. The highest BCUT2D eigenvalue weighted by Gasteiger charge is 2.31. The Morgan fingerprint density at radius 3 is 2.40 bits per heavy atom. The number of nitrogens with two attached hydrogens (primary N) is 1. The molecule has 0 unspecified atom stereocenters. The number of aromatic amines is 1. The van der Waals surface area contributed by atoms with Gasteiger partial charge in [0.15, 0.2) is 0 Å². The van der Waals surface area contributed by atoms with E-state index in [-0.39, 0.29) is 39.8 Å². The van der Waals surface area contributed by atoms with Crippen LogP contribution >= 0.6 is 0 Å². The number of carbonyl (C=O) groups is 2. The summed E-state index contributed by atoms with van der Waals surface area (Å²) in [5.74, 6) is -4.23. The van der Waals surface area contributed by atoms with Gasteiger partial charge in [-0.1, -0.05) is 12.1 Å². The van der Waals surface area contributed by atoms with E-state index in [1.165, 1.54) is 24.4 Å². The third-order valence-corrected chi connectivity index (χ3v) is 6.71. The first kappa shape index (κ1) is 29.3. The van der Waals surface area contributed by atoms with Crippen LogP contribution < -0.4 is 11.1 Å². The lowest BCUT2D eigenvalue weighted by Crippen LogP contribution is -2.32. The Bertz CT molecular complexity index is 1830. The van der Waals surface area contributed by atoms with Crippen molar-refractivity contribution in [3.63, 3.8) is 0 Å². The average molecular weight is 598 g/mol. The van der Waals surface area contributed by atoms with Crippen molar-refractivity contribution in [3.8, 4) is 11.1 Å². The normalized spacial score (nSPS) is 12.3. The summed E-state index contributed by atoms with van der Waals surface area (Å²) in [7, 11) is 0. The van der Waals surface area contributed by atoms with Crippen molar-refractivity contribution in [3.05, 3.63) is 118 Å². The van der Waals surface area contributed by atoms with Gasteiger partial charge in [0.1, 0.15) is 17.5 Å². The number of carbonyl (C=O) groups excluding carboxylic acids is 2. The van der Waals surface area contributed by atoms with E-state index in [2.05, 4.69) is 20.5 Å². The molecule has 0 fully saturated rings. The number of halogens is 6. The molecule has 0 saturated heterocycles. The van der Waals surface area contributed by atoms with Gasteiger partial charge in [-0.15, -0.1) is 0 Å². The summed E-state index contributed by atoms with van der Waals surface area (Å²) in [6, 6.07) is 11.5. The number of benzene rings is 3. The van der Waals surface area contributed by atoms with Crippen molar-refractivity contribution in [2.45, 2.75) is 25.1 Å². The number of fused-ring (bicyclic) bond motifs is 1. The van der Waals surface area contributed by atoms with Crippen molar-refractivity contribution in [2.24, 2.45) is 5.73 Å². The zero-order chi connectivity index (χ0) is 30.9. The molecule has 4 N–H and O–H groups in total. The molecule has 0 spiro atoms. The summed E-state index contributed by atoms with van der Waals surface area (Å²) in [6.45, 7) is 0. The van der Waals surface area contributed by atoms with Crippen molar-refractivity contribution < 1.29 is 35.9 Å². The molecule has 0 aliphatic carbocycles. The summed E-state index contributed by atoms with van der Waals surface area (Å²) in [4.78, 5) is 29.4. The second-order valence-electron chi connectivity index (χ2n) is 9.71. The third kappa shape index (κ3) is 6.50. The van der Waals surface area contributed by atoms with Gasteiger partial charge in [-0.3, -0.25) is 19.7 Å². The number of rotatable bonds is 8. The molecule has 1 atom stereocenters. The first-order valence-corrected chi connectivity index (χ1v) is 12.7. The molecule has 5 aromatic rings. The van der Waals surface area contributed by atoms with Gasteiger partial charge in [0.25, 0.3) is 5.91 Å². The van der Waals surface area contributed by atoms with Crippen LogP contribution in [0.5, 0.6) is 0 Å². The van der Waals surface area contributed by atoms with Crippen molar-refractivity contribution in [1.29, 1.82) is 0 Å². The van der Waals surface area contributed by atoms with Crippen LogP contribution in [0.2, 0.25) is 0 Å². The predicted molar refractivity (Wildman–Crippen MR) is 144 cm³/mol. The lowest BCUT2D eigenvalue weighted by atomic mass is 9.94. The van der Waals surface area contributed by atoms with Crippen LogP contribution in [0.3, 0.4) is 0 Å². The molecule has 43 heavy (non-hydrogen) atoms. The minimum Gasteiger partial charge on any atom is -0.366 e. The molecule has 0 saturated carbocycles.